The molecule has 1 aromatic heterocycles. The van der Waals surface area contributed by atoms with E-state index in [-0.39, 0.29) is 33.9 Å². The number of anilines is 2. The summed E-state index contributed by atoms with van der Waals surface area (Å²) in [6.45, 7) is 11.2. The number of carbonyl (C=O) groups excluding carboxylic acids is 1. The van der Waals surface area contributed by atoms with Crippen LogP contribution in [0, 0.1) is 25.1 Å². The van der Waals surface area contributed by atoms with Gasteiger partial charge in [-0.25, -0.2) is 4.39 Å². The molecule has 1 N–H and O–H groups in total. The van der Waals surface area contributed by atoms with Gasteiger partial charge in [-0.1, -0.05) is 32.0 Å². The molecule has 0 saturated carbocycles. The maximum absolute atomic E-state index is 15.4. The number of nitrogens with one attached hydrogen (secondary N) is 1. The zero-order chi connectivity index (χ0) is 34.5. The fourth-order valence-corrected chi connectivity index (χ4v) is 6.24. The fourth-order valence-electron chi connectivity index (χ4n) is 5.77. The summed E-state index contributed by atoms with van der Waals surface area (Å²) in [5.41, 5.74) is -3.91. The summed E-state index contributed by atoms with van der Waals surface area (Å²) >= 11 is 0. The van der Waals surface area contributed by atoms with Crippen molar-refractivity contribution in [3.63, 3.8) is 0 Å². The van der Waals surface area contributed by atoms with Gasteiger partial charge in [-0.2, -0.15) is 21.6 Å². The molecule has 0 amide bonds. The summed E-state index contributed by atoms with van der Waals surface area (Å²) in [5.74, 6) is -1.19. The molecule has 1 aliphatic rings. The number of rotatable bonds is 8. The molecule has 13 heteroatoms. The van der Waals surface area contributed by atoms with E-state index >= 15 is 4.39 Å². The number of piperidine rings is 1. The average Bonchev–Trinajstić information content (AvgIpc) is 2.98. The van der Waals surface area contributed by atoms with Crippen LogP contribution in [0.25, 0.3) is 22.1 Å². The minimum atomic E-state index is -6.11. The van der Waals surface area contributed by atoms with Crippen LogP contribution in [-0.2, 0) is 10.1 Å². The Morgan fingerprint density at radius 1 is 1.06 bits per heavy atom. The first-order chi connectivity index (χ1) is 21.9. The number of aldehydes is 1. The van der Waals surface area contributed by atoms with Gasteiger partial charge in [0, 0.05) is 29.9 Å². The van der Waals surface area contributed by atoms with Gasteiger partial charge in [-0.3, -0.25) is 9.59 Å². The van der Waals surface area contributed by atoms with Gasteiger partial charge in [0.1, 0.15) is 11.4 Å². The molecule has 1 fully saturated rings. The Morgan fingerprint density at radius 2 is 1.74 bits per heavy atom. The summed E-state index contributed by atoms with van der Waals surface area (Å²) < 4.78 is 88.8. The Morgan fingerprint density at radius 3 is 2.38 bits per heavy atom. The highest BCUT2D eigenvalue weighted by Crippen LogP contribution is 2.39. The molecule has 0 aliphatic carbocycles. The number of carbonyl (C=O) groups is 1. The van der Waals surface area contributed by atoms with E-state index in [1.807, 2.05) is 13.0 Å². The predicted octanol–water partition coefficient (Wildman–Crippen LogP) is 8.06. The smallest absolute Gasteiger partial charge is 0.440 e. The van der Waals surface area contributed by atoms with Crippen molar-refractivity contribution in [2.75, 3.05) is 23.3 Å². The van der Waals surface area contributed by atoms with E-state index in [4.69, 9.17) is 4.42 Å². The van der Waals surface area contributed by atoms with Crippen LogP contribution in [-0.4, -0.2) is 33.3 Å². The van der Waals surface area contributed by atoms with Crippen molar-refractivity contribution in [3.8, 4) is 16.9 Å². The topological polar surface area (TPSA) is 106 Å². The van der Waals surface area contributed by atoms with E-state index in [9.17, 15) is 31.2 Å². The highest BCUT2D eigenvalue weighted by atomic mass is 32.2. The number of alkyl halides is 3. The van der Waals surface area contributed by atoms with Crippen LogP contribution in [0.2, 0.25) is 0 Å². The summed E-state index contributed by atoms with van der Waals surface area (Å²) in [7, 11) is -6.11. The normalized spacial score (nSPS) is 15.8. The second kappa shape index (κ2) is 12.3. The van der Waals surface area contributed by atoms with E-state index in [0.717, 1.165) is 49.7 Å². The zero-order valence-electron chi connectivity index (χ0n) is 26.4. The first-order valence-electron chi connectivity index (χ1n) is 14.9. The molecule has 8 nitrogen and oxygen atoms in total. The third-order valence-electron chi connectivity index (χ3n) is 8.54. The van der Waals surface area contributed by atoms with E-state index in [1.54, 1.807) is 19.9 Å². The quantitative estimate of drug-likeness (QED) is 0.0866. The van der Waals surface area contributed by atoms with E-state index in [0.29, 0.717) is 28.0 Å². The molecular weight excluding hydrogens is 640 g/mol. The first kappa shape index (κ1) is 34.0. The lowest BCUT2D eigenvalue weighted by Gasteiger charge is -2.37. The van der Waals surface area contributed by atoms with Crippen LogP contribution in [0.3, 0.4) is 0 Å². The van der Waals surface area contributed by atoms with Crippen LogP contribution < -0.4 is 19.8 Å². The molecule has 0 spiro atoms. The molecule has 4 aromatic rings. The number of halogens is 4. The Bertz CT molecular complexity index is 2030. The summed E-state index contributed by atoms with van der Waals surface area (Å²) in [6, 6.07) is 10.3. The molecule has 1 aliphatic heterocycles. The highest BCUT2D eigenvalue weighted by molar-refractivity contribution is 7.88. The maximum Gasteiger partial charge on any atom is 0.534 e. The largest absolute Gasteiger partial charge is 0.534 e. The third kappa shape index (κ3) is 6.71. The zero-order valence-corrected chi connectivity index (χ0v) is 27.2. The van der Waals surface area contributed by atoms with Gasteiger partial charge in [0.25, 0.3) is 0 Å². The van der Waals surface area contributed by atoms with Crippen molar-refractivity contribution in [2.24, 2.45) is 5.41 Å². The van der Waals surface area contributed by atoms with E-state index < -0.39 is 38.8 Å². The van der Waals surface area contributed by atoms with Crippen LogP contribution in [0.4, 0.5) is 29.1 Å². The van der Waals surface area contributed by atoms with Gasteiger partial charge in [0.2, 0.25) is 5.88 Å². The number of nitrogens with zero attached hydrogens (tertiary/aromatic N) is 1. The number of benzene rings is 3. The van der Waals surface area contributed by atoms with Crippen molar-refractivity contribution >= 4 is 38.9 Å². The Kier molecular flexibility index (Phi) is 8.91. The number of hydrogen-bond donors (Lipinski definition) is 1. The van der Waals surface area contributed by atoms with Gasteiger partial charge in [0.15, 0.2) is 17.5 Å². The van der Waals surface area contributed by atoms with Gasteiger partial charge >= 0.3 is 15.6 Å². The highest BCUT2D eigenvalue weighted by Gasteiger charge is 2.49. The first-order valence-corrected chi connectivity index (χ1v) is 16.3. The molecule has 0 bridgehead atoms. The number of aryl methyl sites for hydroxylation is 1. The van der Waals surface area contributed by atoms with Crippen LogP contribution >= 0.6 is 0 Å². The van der Waals surface area contributed by atoms with E-state index in [2.05, 4.69) is 28.2 Å². The van der Waals surface area contributed by atoms with Gasteiger partial charge < -0.3 is 18.8 Å². The van der Waals surface area contributed by atoms with Crippen molar-refractivity contribution < 1.29 is 39.4 Å². The van der Waals surface area contributed by atoms with E-state index in [1.165, 1.54) is 18.2 Å². The minimum Gasteiger partial charge on any atom is -0.440 e. The molecule has 2 heterocycles. The molecule has 0 radical (unpaired) electrons. The molecule has 5 rings (SSSR count). The van der Waals surface area contributed by atoms with Gasteiger partial charge in [-0.15, -0.1) is 0 Å². The van der Waals surface area contributed by atoms with Gasteiger partial charge in [-0.05, 0) is 80.5 Å². The van der Waals surface area contributed by atoms with Gasteiger partial charge in [0.05, 0.1) is 22.6 Å². The molecule has 250 valence electrons. The van der Waals surface area contributed by atoms with Crippen molar-refractivity contribution in [2.45, 2.75) is 59.0 Å². The summed E-state index contributed by atoms with van der Waals surface area (Å²) in [5, 5.41) is 3.62. The van der Waals surface area contributed by atoms with Crippen molar-refractivity contribution in [1.82, 2.24) is 0 Å². The van der Waals surface area contributed by atoms with Crippen molar-refractivity contribution in [3.05, 3.63) is 86.8 Å². The molecule has 0 unspecified atom stereocenters. The maximum atomic E-state index is 15.4. The second-order valence-corrected chi connectivity index (χ2v) is 14.2. The van der Waals surface area contributed by atoms with Crippen LogP contribution in [0.15, 0.2) is 57.7 Å². The molecule has 1 saturated heterocycles. The lowest BCUT2D eigenvalue weighted by Crippen LogP contribution is -2.38. The lowest BCUT2D eigenvalue weighted by atomic mass is 9.82. The summed E-state index contributed by atoms with van der Waals surface area (Å²) in [6.07, 6.45) is 1.99. The summed E-state index contributed by atoms with van der Waals surface area (Å²) in [4.78, 5) is 27.2. The average molecular weight is 675 g/mol. The van der Waals surface area contributed by atoms with Crippen molar-refractivity contribution in [1.29, 1.82) is 0 Å². The van der Waals surface area contributed by atoms with Crippen LogP contribution in [0.1, 0.15) is 66.7 Å². The second-order valence-electron chi connectivity index (χ2n) is 12.6. The fraction of sp³-hybridized carbons (Fsp3) is 0.353. The number of hydrogen-bond acceptors (Lipinski definition) is 8. The number of fused-ring (bicyclic) bond motifs is 1. The monoisotopic (exact) mass is 674 g/mol. The Labute approximate surface area is 269 Å². The molecule has 47 heavy (non-hydrogen) atoms. The minimum absolute atomic E-state index is 0.0534. The lowest BCUT2D eigenvalue weighted by molar-refractivity contribution is -0.0500. The Hall–Kier alpha value is -4.39. The predicted molar refractivity (Wildman–Crippen MR) is 172 cm³/mol. The third-order valence-corrected chi connectivity index (χ3v) is 9.50. The Balaban J connectivity index is 1.57. The SMILES string of the molecule is Cc1cc([C@@H](C)Nc2cccc(F)c2-c2ccc(C=O)c(OS(=O)(=O)C(F)(F)F)c2)c2oc(N3CCC(C)(C)CC3)c(C)c(=O)c2c1. The molecule has 3 aromatic carbocycles. The molecular formula is C34H34F4N2O6S. The van der Waals surface area contributed by atoms with Crippen LogP contribution in [0.5, 0.6) is 5.75 Å². The standard InChI is InChI=1S/C34H34F4N2O6S/c1-19-15-24(31-25(16-19)30(42)20(2)32(45-31)40-13-11-33(4,5)12-14-40)21(3)39-27-8-6-7-26(35)29(27)22-9-10-23(18-41)28(17-22)46-47(43,44)34(36,37)38/h6-10,15-18,21,39H,11-14H2,1-5H3/t21-/m1/s1. The molecule has 1 atom stereocenters.